The van der Waals surface area contributed by atoms with Crippen LogP contribution >= 0.6 is 23.1 Å². The van der Waals surface area contributed by atoms with Gasteiger partial charge in [0.05, 0.1) is 5.69 Å². The molecule has 24 heavy (non-hydrogen) atoms. The average Bonchev–Trinajstić information content (AvgIpc) is 3.09. The van der Waals surface area contributed by atoms with Crippen LogP contribution in [0.5, 0.6) is 0 Å². The Morgan fingerprint density at radius 1 is 1.17 bits per heavy atom. The Hall–Kier alpha value is -2.18. The van der Waals surface area contributed by atoms with E-state index >= 15 is 0 Å². The molecule has 0 atom stereocenters. The standard InChI is InChI=1S/C18H17N3OS2/c22-17(9-5-11-23-15-7-2-1-3-8-15)21-18-20-16(13-24-18)14-6-4-10-19-12-14/h1-4,6-8,10,12-13H,5,9,11H2,(H,20,21,22). The summed E-state index contributed by atoms with van der Waals surface area (Å²) in [5, 5.41) is 5.43. The number of hydrogen-bond acceptors (Lipinski definition) is 5. The second-order valence-electron chi connectivity index (χ2n) is 5.09. The fourth-order valence-corrected chi connectivity index (χ4v) is 3.71. The van der Waals surface area contributed by atoms with Gasteiger partial charge in [-0.05, 0) is 36.4 Å². The van der Waals surface area contributed by atoms with Gasteiger partial charge in [-0.2, -0.15) is 0 Å². The maximum absolute atomic E-state index is 12.0. The van der Waals surface area contributed by atoms with Gasteiger partial charge in [0.25, 0.3) is 0 Å². The lowest BCUT2D eigenvalue weighted by Crippen LogP contribution is -2.11. The zero-order valence-corrected chi connectivity index (χ0v) is 14.6. The molecule has 2 heterocycles. The van der Waals surface area contributed by atoms with E-state index in [-0.39, 0.29) is 5.91 Å². The average molecular weight is 355 g/mol. The van der Waals surface area contributed by atoms with Gasteiger partial charge in [-0.15, -0.1) is 23.1 Å². The fraction of sp³-hybridized carbons (Fsp3) is 0.167. The van der Waals surface area contributed by atoms with Crippen molar-refractivity contribution in [3.05, 3.63) is 60.2 Å². The minimum absolute atomic E-state index is 0.00995. The molecule has 0 spiro atoms. The smallest absolute Gasteiger partial charge is 0.226 e. The van der Waals surface area contributed by atoms with Crippen LogP contribution in [-0.4, -0.2) is 21.6 Å². The zero-order chi connectivity index (χ0) is 16.6. The van der Waals surface area contributed by atoms with Crippen molar-refractivity contribution in [1.29, 1.82) is 0 Å². The first kappa shape index (κ1) is 16.7. The van der Waals surface area contributed by atoms with E-state index in [9.17, 15) is 4.79 Å². The Morgan fingerprint density at radius 2 is 2.04 bits per heavy atom. The van der Waals surface area contributed by atoms with Gasteiger partial charge < -0.3 is 5.32 Å². The van der Waals surface area contributed by atoms with Crippen LogP contribution in [0, 0.1) is 0 Å². The molecule has 2 aromatic heterocycles. The second-order valence-corrected chi connectivity index (χ2v) is 7.12. The molecule has 0 radical (unpaired) electrons. The highest BCUT2D eigenvalue weighted by Gasteiger charge is 2.08. The van der Waals surface area contributed by atoms with Gasteiger partial charge in [0.15, 0.2) is 5.13 Å². The number of anilines is 1. The van der Waals surface area contributed by atoms with Gasteiger partial charge >= 0.3 is 0 Å². The summed E-state index contributed by atoms with van der Waals surface area (Å²) >= 11 is 3.20. The largest absolute Gasteiger partial charge is 0.302 e. The number of thioether (sulfide) groups is 1. The number of benzene rings is 1. The van der Waals surface area contributed by atoms with Crippen LogP contribution in [0.4, 0.5) is 5.13 Å². The van der Waals surface area contributed by atoms with Crippen molar-refractivity contribution in [3.8, 4) is 11.3 Å². The lowest BCUT2D eigenvalue weighted by Gasteiger charge is -2.02. The third kappa shape index (κ3) is 4.91. The molecule has 3 rings (SSSR count). The quantitative estimate of drug-likeness (QED) is 0.492. The number of amides is 1. The maximum atomic E-state index is 12.0. The SMILES string of the molecule is O=C(CCCSc1ccccc1)Nc1nc(-c2cccnc2)cs1. The number of rotatable bonds is 7. The Labute approximate surface area is 149 Å². The number of hydrogen-bond donors (Lipinski definition) is 1. The van der Waals surface area contributed by atoms with Crippen LogP contribution < -0.4 is 5.32 Å². The van der Waals surface area contributed by atoms with E-state index in [0.717, 1.165) is 23.4 Å². The third-order valence-corrected chi connectivity index (χ3v) is 5.12. The topological polar surface area (TPSA) is 54.9 Å². The molecule has 0 fully saturated rings. The van der Waals surface area contributed by atoms with Gasteiger partial charge in [-0.25, -0.2) is 4.98 Å². The fourth-order valence-electron chi connectivity index (χ4n) is 2.10. The lowest BCUT2D eigenvalue weighted by molar-refractivity contribution is -0.116. The van der Waals surface area contributed by atoms with Gasteiger partial charge in [0.1, 0.15) is 0 Å². The number of carbonyl (C=O) groups excluding carboxylic acids is 1. The van der Waals surface area contributed by atoms with Crippen molar-refractivity contribution in [2.75, 3.05) is 11.1 Å². The molecular formula is C18H17N3OS2. The van der Waals surface area contributed by atoms with E-state index in [4.69, 9.17) is 0 Å². The van der Waals surface area contributed by atoms with E-state index < -0.39 is 0 Å². The monoisotopic (exact) mass is 355 g/mol. The number of thiazole rings is 1. The van der Waals surface area contributed by atoms with E-state index in [1.165, 1.54) is 16.2 Å². The van der Waals surface area contributed by atoms with Gasteiger partial charge in [-0.1, -0.05) is 18.2 Å². The Kier molecular flexibility index (Phi) is 5.98. The van der Waals surface area contributed by atoms with Crippen LogP contribution in [0.1, 0.15) is 12.8 Å². The highest BCUT2D eigenvalue weighted by molar-refractivity contribution is 7.99. The molecule has 0 unspecified atom stereocenters. The molecule has 0 bridgehead atoms. The molecule has 3 aromatic rings. The van der Waals surface area contributed by atoms with Crippen molar-refractivity contribution in [2.45, 2.75) is 17.7 Å². The molecule has 122 valence electrons. The van der Waals surface area contributed by atoms with Gasteiger partial charge in [-0.3, -0.25) is 9.78 Å². The molecule has 0 aliphatic carbocycles. The first-order valence-corrected chi connectivity index (χ1v) is 9.51. The van der Waals surface area contributed by atoms with Crippen molar-refractivity contribution >= 4 is 34.1 Å². The van der Waals surface area contributed by atoms with E-state index in [2.05, 4.69) is 27.4 Å². The Morgan fingerprint density at radius 3 is 2.83 bits per heavy atom. The van der Waals surface area contributed by atoms with Crippen LogP contribution in [0.3, 0.4) is 0 Å². The number of nitrogens with zero attached hydrogens (tertiary/aromatic N) is 2. The van der Waals surface area contributed by atoms with E-state index in [1.807, 2.05) is 35.7 Å². The summed E-state index contributed by atoms with van der Waals surface area (Å²) in [7, 11) is 0. The highest BCUT2D eigenvalue weighted by atomic mass is 32.2. The molecule has 6 heteroatoms. The van der Waals surface area contributed by atoms with Gasteiger partial charge in [0, 0.05) is 34.7 Å². The first-order chi connectivity index (χ1) is 11.8. The van der Waals surface area contributed by atoms with Crippen molar-refractivity contribution in [1.82, 2.24) is 9.97 Å². The number of aromatic nitrogens is 2. The zero-order valence-electron chi connectivity index (χ0n) is 13.0. The molecule has 1 amide bonds. The third-order valence-electron chi connectivity index (χ3n) is 3.27. The molecule has 0 aliphatic heterocycles. The molecule has 0 saturated heterocycles. The molecule has 0 aliphatic rings. The van der Waals surface area contributed by atoms with Gasteiger partial charge in [0.2, 0.25) is 5.91 Å². The molecule has 4 nitrogen and oxygen atoms in total. The van der Waals surface area contributed by atoms with Crippen LogP contribution in [0.25, 0.3) is 11.3 Å². The van der Waals surface area contributed by atoms with Crippen molar-refractivity contribution in [2.24, 2.45) is 0 Å². The maximum Gasteiger partial charge on any atom is 0.226 e. The van der Waals surface area contributed by atoms with Crippen molar-refractivity contribution < 1.29 is 4.79 Å². The second kappa shape index (κ2) is 8.61. The van der Waals surface area contributed by atoms with Crippen LogP contribution in [0.2, 0.25) is 0 Å². The summed E-state index contributed by atoms with van der Waals surface area (Å²) in [6, 6.07) is 14.0. The predicted molar refractivity (Wildman–Crippen MR) is 100 cm³/mol. The number of nitrogens with one attached hydrogen (secondary N) is 1. The predicted octanol–water partition coefficient (Wildman–Crippen LogP) is 4.72. The Bertz CT molecular complexity index is 775. The minimum Gasteiger partial charge on any atom is -0.302 e. The van der Waals surface area contributed by atoms with Crippen molar-refractivity contribution in [3.63, 3.8) is 0 Å². The van der Waals surface area contributed by atoms with E-state index in [1.54, 1.807) is 24.2 Å². The molecular weight excluding hydrogens is 338 g/mol. The first-order valence-electron chi connectivity index (χ1n) is 7.65. The summed E-state index contributed by atoms with van der Waals surface area (Å²) in [5.74, 6) is 0.937. The number of pyridine rings is 1. The number of carbonyl (C=O) groups is 1. The summed E-state index contributed by atoms with van der Waals surface area (Å²) in [6.07, 6.45) is 4.83. The normalized spacial score (nSPS) is 10.5. The van der Waals surface area contributed by atoms with Crippen LogP contribution in [0.15, 0.2) is 65.1 Å². The molecule has 1 N–H and O–H groups in total. The molecule has 1 aromatic carbocycles. The van der Waals surface area contributed by atoms with E-state index in [0.29, 0.717) is 11.6 Å². The summed E-state index contributed by atoms with van der Waals surface area (Å²) in [5.41, 5.74) is 1.79. The van der Waals surface area contributed by atoms with Crippen LogP contribution in [-0.2, 0) is 4.79 Å². The lowest BCUT2D eigenvalue weighted by atomic mass is 10.2. The molecule has 0 saturated carbocycles. The summed E-state index contributed by atoms with van der Waals surface area (Å²) in [6.45, 7) is 0. The highest BCUT2D eigenvalue weighted by Crippen LogP contribution is 2.24. The summed E-state index contributed by atoms with van der Waals surface area (Å²) in [4.78, 5) is 21.8. The minimum atomic E-state index is 0.00995. The Balaban J connectivity index is 1.43. The summed E-state index contributed by atoms with van der Waals surface area (Å²) < 4.78 is 0.